The van der Waals surface area contributed by atoms with Crippen LogP contribution >= 0.6 is 0 Å². The van der Waals surface area contributed by atoms with E-state index in [0.717, 1.165) is 23.7 Å². The zero-order chi connectivity index (χ0) is 12.0. The molecule has 0 aromatic carbocycles. The largest absolute Gasteiger partial charge is 0.0628 e. The molecule has 16 heavy (non-hydrogen) atoms. The van der Waals surface area contributed by atoms with E-state index in [4.69, 9.17) is 0 Å². The van der Waals surface area contributed by atoms with Crippen molar-refractivity contribution in [3.63, 3.8) is 0 Å². The fraction of sp³-hybridized carbons (Fsp3) is 1.00. The number of rotatable bonds is 7. The molecule has 0 amide bonds. The van der Waals surface area contributed by atoms with Crippen molar-refractivity contribution < 1.29 is 0 Å². The second kappa shape index (κ2) is 7.35. The SMILES string of the molecule is CC(C)CCCCCC1CCCC1C(C)C. The van der Waals surface area contributed by atoms with Crippen LogP contribution in [0.4, 0.5) is 0 Å². The summed E-state index contributed by atoms with van der Waals surface area (Å²) in [6.07, 6.45) is 11.9. The molecule has 0 N–H and O–H groups in total. The van der Waals surface area contributed by atoms with Crippen LogP contribution in [0.15, 0.2) is 0 Å². The Bertz CT molecular complexity index is 169. The van der Waals surface area contributed by atoms with Gasteiger partial charge in [0.05, 0.1) is 0 Å². The molecule has 0 saturated heterocycles. The highest BCUT2D eigenvalue weighted by Gasteiger charge is 2.28. The Morgan fingerprint density at radius 1 is 0.938 bits per heavy atom. The van der Waals surface area contributed by atoms with Crippen LogP contribution in [0.3, 0.4) is 0 Å². The molecular weight excluding hydrogens is 192 g/mol. The van der Waals surface area contributed by atoms with Gasteiger partial charge in [-0.15, -0.1) is 0 Å². The molecule has 0 aliphatic heterocycles. The number of unbranched alkanes of at least 4 members (excludes halogenated alkanes) is 2. The number of hydrogen-bond acceptors (Lipinski definition) is 0. The average Bonchev–Trinajstić information content (AvgIpc) is 2.65. The lowest BCUT2D eigenvalue weighted by Gasteiger charge is -2.23. The molecule has 96 valence electrons. The average molecular weight is 224 g/mol. The standard InChI is InChI=1S/C16H32/c1-13(2)9-6-5-7-10-15-11-8-12-16(15)14(3)4/h13-16H,5-12H2,1-4H3. The molecule has 0 heterocycles. The first-order valence-electron chi connectivity index (χ1n) is 7.61. The lowest BCUT2D eigenvalue weighted by molar-refractivity contribution is 0.274. The molecule has 1 aliphatic rings. The van der Waals surface area contributed by atoms with Crippen molar-refractivity contribution >= 4 is 0 Å². The minimum atomic E-state index is 0.898. The van der Waals surface area contributed by atoms with Crippen LogP contribution < -0.4 is 0 Å². The summed E-state index contributed by atoms with van der Waals surface area (Å²) in [5.74, 6) is 3.93. The van der Waals surface area contributed by atoms with Gasteiger partial charge in [-0.05, 0) is 30.1 Å². The van der Waals surface area contributed by atoms with Crippen molar-refractivity contribution in [1.29, 1.82) is 0 Å². The molecule has 0 aromatic heterocycles. The van der Waals surface area contributed by atoms with Crippen LogP contribution in [-0.4, -0.2) is 0 Å². The van der Waals surface area contributed by atoms with Crippen molar-refractivity contribution in [2.45, 2.75) is 79.1 Å². The van der Waals surface area contributed by atoms with Crippen molar-refractivity contribution in [2.24, 2.45) is 23.7 Å². The van der Waals surface area contributed by atoms with E-state index in [9.17, 15) is 0 Å². The van der Waals surface area contributed by atoms with Crippen LogP contribution in [0.1, 0.15) is 79.1 Å². The Kier molecular flexibility index (Phi) is 6.46. The first kappa shape index (κ1) is 14.1. The zero-order valence-electron chi connectivity index (χ0n) is 12.0. The van der Waals surface area contributed by atoms with E-state index in [1.165, 1.54) is 51.4 Å². The van der Waals surface area contributed by atoms with Crippen molar-refractivity contribution in [2.75, 3.05) is 0 Å². The minimum Gasteiger partial charge on any atom is -0.0628 e. The van der Waals surface area contributed by atoms with Gasteiger partial charge in [0.15, 0.2) is 0 Å². The Hall–Kier alpha value is 0. The van der Waals surface area contributed by atoms with E-state index in [1.807, 2.05) is 0 Å². The monoisotopic (exact) mass is 224 g/mol. The van der Waals surface area contributed by atoms with Crippen molar-refractivity contribution in [3.05, 3.63) is 0 Å². The van der Waals surface area contributed by atoms with E-state index < -0.39 is 0 Å². The summed E-state index contributed by atoms with van der Waals surface area (Å²) < 4.78 is 0. The minimum absolute atomic E-state index is 0.898. The van der Waals surface area contributed by atoms with Gasteiger partial charge in [-0.1, -0.05) is 72.6 Å². The van der Waals surface area contributed by atoms with Crippen LogP contribution in [-0.2, 0) is 0 Å². The second-order valence-electron chi connectivity index (χ2n) is 6.63. The third-order valence-corrected chi connectivity index (χ3v) is 4.43. The highest BCUT2D eigenvalue weighted by molar-refractivity contribution is 4.79. The molecule has 1 rings (SSSR count). The van der Waals surface area contributed by atoms with Crippen LogP contribution in [0, 0.1) is 23.7 Å². The third kappa shape index (κ3) is 4.89. The van der Waals surface area contributed by atoms with E-state index in [0.29, 0.717) is 0 Å². The highest BCUT2D eigenvalue weighted by atomic mass is 14.3. The Labute approximate surface area is 103 Å². The molecule has 2 unspecified atom stereocenters. The van der Waals surface area contributed by atoms with E-state index in [-0.39, 0.29) is 0 Å². The number of hydrogen-bond donors (Lipinski definition) is 0. The summed E-state index contributed by atoms with van der Waals surface area (Å²) in [5, 5.41) is 0. The quantitative estimate of drug-likeness (QED) is 0.489. The van der Waals surface area contributed by atoms with E-state index >= 15 is 0 Å². The summed E-state index contributed by atoms with van der Waals surface area (Å²) in [4.78, 5) is 0. The van der Waals surface area contributed by atoms with Crippen molar-refractivity contribution in [3.8, 4) is 0 Å². The zero-order valence-corrected chi connectivity index (χ0v) is 12.0. The van der Waals surface area contributed by atoms with Gasteiger partial charge in [0.25, 0.3) is 0 Å². The third-order valence-electron chi connectivity index (χ3n) is 4.43. The van der Waals surface area contributed by atoms with Crippen LogP contribution in [0.5, 0.6) is 0 Å². The Balaban J connectivity index is 2.08. The highest BCUT2D eigenvalue weighted by Crippen LogP contribution is 2.39. The van der Waals surface area contributed by atoms with Gasteiger partial charge < -0.3 is 0 Å². The van der Waals surface area contributed by atoms with Gasteiger partial charge in [-0.2, -0.15) is 0 Å². The molecule has 0 radical (unpaired) electrons. The van der Waals surface area contributed by atoms with Gasteiger partial charge >= 0.3 is 0 Å². The summed E-state index contributed by atoms with van der Waals surface area (Å²) >= 11 is 0. The van der Waals surface area contributed by atoms with Crippen molar-refractivity contribution in [1.82, 2.24) is 0 Å². The molecule has 1 saturated carbocycles. The van der Waals surface area contributed by atoms with Gasteiger partial charge in [0.1, 0.15) is 0 Å². The molecule has 0 aromatic rings. The first-order chi connectivity index (χ1) is 7.61. The van der Waals surface area contributed by atoms with Gasteiger partial charge in [0.2, 0.25) is 0 Å². The topological polar surface area (TPSA) is 0 Å². The van der Waals surface area contributed by atoms with Crippen LogP contribution in [0.2, 0.25) is 0 Å². The Morgan fingerprint density at radius 3 is 2.31 bits per heavy atom. The van der Waals surface area contributed by atoms with E-state index in [1.54, 1.807) is 0 Å². The molecule has 0 nitrogen and oxygen atoms in total. The molecule has 0 spiro atoms. The fourth-order valence-corrected chi connectivity index (χ4v) is 3.44. The van der Waals surface area contributed by atoms with Gasteiger partial charge in [-0.25, -0.2) is 0 Å². The fourth-order valence-electron chi connectivity index (χ4n) is 3.44. The maximum Gasteiger partial charge on any atom is -0.0363 e. The van der Waals surface area contributed by atoms with Gasteiger partial charge in [0, 0.05) is 0 Å². The molecule has 2 atom stereocenters. The molecule has 0 heteroatoms. The normalized spacial score (nSPS) is 25.9. The predicted molar refractivity (Wildman–Crippen MR) is 73.6 cm³/mol. The summed E-state index contributed by atoms with van der Waals surface area (Å²) in [6, 6.07) is 0. The Morgan fingerprint density at radius 2 is 1.69 bits per heavy atom. The summed E-state index contributed by atoms with van der Waals surface area (Å²) in [5.41, 5.74) is 0. The predicted octanol–water partition coefficient (Wildman–Crippen LogP) is 5.67. The smallest absolute Gasteiger partial charge is 0.0363 e. The molecular formula is C16H32. The van der Waals surface area contributed by atoms with E-state index in [2.05, 4.69) is 27.7 Å². The summed E-state index contributed by atoms with van der Waals surface area (Å²) in [7, 11) is 0. The molecule has 0 bridgehead atoms. The van der Waals surface area contributed by atoms with Gasteiger partial charge in [-0.3, -0.25) is 0 Å². The van der Waals surface area contributed by atoms with Crippen LogP contribution in [0.25, 0.3) is 0 Å². The maximum absolute atomic E-state index is 2.42. The summed E-state index contributed by atoms with van der Waals surface area (Å²) in [6.45, 7) is 9.51. The lowest BCUT2D eigenvalue weighted by atomic mass is 9.83. The second-order valence-corrected chi connectivity index (χ2v) is 6.63. The molecule has 1 fully saturated rings. The lowest BCUT2D eigenvalue weighted by Crippen LogP contribution is -2.14. The molecule has 1 aliphatic carbocycles. The maximum atomic E-state index is 2.42. The first-order valence-corrected chi connectivity index (χ1v) is 7.61.